The van der Waals surface area contributed by atoms with Crippen LogP contribution in [0.25, 0.3) is 0 Å². The number of hydrogen-bond acceptors (Lipinski definition) is 4. The van der Waals surface area contributed by atoms with Gasteiger partial charge in [0.2, 0.25) is 11.6 Å². The molecule has 4 nitrogen and oxygen atoms in total. The number of nitriles is 1. The van der Waals surface area contributed by atoms with Crippen LogP contribution in [0.4, 0.5) is 61.5 Å². The lowest BCUT2D eigenvalue weighted by atomic mass is 10.0. The minimum atomic E-state index is -5.19. The number of alkyl halides is 12. The van der Waals surface area contributed by atoms with E-state index in [0.717, 1.165) is 12.1 Å². The normalized spacial score (nSPS) is 18.3. The number of carbonyl (C=O) groups excluding carboxylic acids is 2. The Hall–Kier alpha value is -4.69. The van der Waals surface area contributed by atoms with Gasteiger partial charge in [0.1, 0.15) is 23.1 Å². The molecule has 0 saturated heterocycles. The molecule has 238 valence electrons. The molecule has 5 rings (SSSR count). The maximum atomic E-state index is 13.8. The Bertz CT molecular complexity index is 1780. The summed E-state index contributed by atoms with van der Waals surface area (Å²) in [5, 5.41) is 8.77. The zero-order chi connectivity index (χ0) is 34.0. The van der Waals surface area contributed by atoms with Gasteiger partial charge in [0.05, 0.1) is 22.8 Å². The average Bonchev–Trinajstić information content (AvgIpc) is 3.16. The zero-order valence-corrected chi connectivity index (χ0v) is 21.2. The number of ketones is 2. The number of hydrogen-bond donors (Lipinski definition) is 0. The van der Waals surface area contributed by atoms with Crippen LogP contribution in [0.3, 0.4) is 0 Å². The topological polar surface area (TPSA) is 67.2 Å². The van der Waals surface area contributed by atoms with Crippen LogP contribution in [0.1, 0.15) is 61.4 Å². The molecule has 0 amide bonds. The van der Waals surface area contributed by atoms with Crippen molar-refractivity contribution in [1.29, 1.82) is 5.26 Å². The van der Waals surface area contributed by atoms with Crippen molar-refractivity contribution in [3.05, 3.63) is 93.0 Å². The lowest BCUT2D eigenvalue weighted by Gasteiger charge is -2.17. The van der Waals surface area contributed by atoms with Gasteiger partial charge in [-0.15, -0.1) is 0 Å². The van der Waals surface area contributed by atoms with E-state index < -0.39 is 105 Å². The number of benzene rings is 3. The van der Waals surface area contributed by atoms with E-state index in [4.69, 9.17) is 10.00 Å². The molecule has 0 heterocycles. The van der Waals surface area contributed by atoms with E-state index in [9.17, 15) is 71.1 Å². The summed E-state index contributed by atoms with van der Waals surface area (Å²) in [6.07, 6.45) is -7.26. The second-order valence-corrected chi connectivity index (χ2v) is 9.23. The van der Waals surface area contributed by atoms with Gasteiger partial charge in [-0.1, -0.05) is 0 Å². The zero-order valence-electron chi connectivity index (χ0n) is 21.2. The molecule has 18 heteroatoms. The standard InChI is InChI=1S/C17H6F7NO2.C10H3F7O/c18-8-3-7(6-25)4-9(5-8)27-11-2-1-10-12(13(11)15(19)20)14(26)17(23,24)16(10,21)22;11-4-2-1-3-5(6(4)8(12)13)7(18)10(16,17)9(3,14)15/h1-5,15H;1-2,8H. The van der Waals surface area contributed by atoms with E-state index in [2.05, 4.69) is 0 Å². The fraction of sp³-hybridized carbons (Fsp3) is 0.222. The first-order chi connectivity index (χ1) is 20.6. The summed E-state index contributed by atoms with van der Waals surface area (Å²) in [6.45, 7) is 0. The second kappa shape index (κ2) is 10.7. The average molecular weight is 661 g/mol. The third-order valence-corrected chi connectivity index (χ3v) is 6.55. The van der Waals surface area contributed by atoms with E-state index in [1.807, 2.05) is 0 Å². The van der Waals surface area contributed by atoms with Gasteiger partial charge < -0.3 is 4.74 Å². The lowest BCUT2D eigenvalue weighted by Crippen LogP contribution is -2.38. The summed E-state index contributed by atoms with van der Waals surface area (Å²) >= 11 is 0. The molecule has 2 aliphatic rings. The number of fused-ring (bicyclic) bond motifs is 2. The Morgan fingerprint density at radius 3 is 1.58 bits per heavy atom. The number of halogens is 14. The third-order valence-electron chi connectivity index (χ3n) is 6.55. The van der Waals surface area contributed by atoms with Gasteiger partial charge in [0.15, 0.2) is 0 Å². The minimum absolute atomic E-state index is 0.211. The molecule has 0 spiro atoms. The van der Waals surface area contributed by atoms with E-state index in [1.54, 1.807) is 6.07 Å². The van der Waals surface area contributed by atoms with Crippen molar-refractivity contribution in [2.75, 3.05) is 0 Å². The third kappa shape index (κ3) is 4.93. The molecule has 0 saturated carbocycles. The molecule has 0 radical (unpaired) electrons. The first-order valence-electron chi connectivity index (χ1n) is 11.7. The molecule has 3 aromatic carbocycles. The molecule has 0 fully saturated rings. The van der Waals surface area contributed by atoms with Crippen LogP contribution < -0.4 is 4.74 Å². The number of ether oxygens (including phenoxy) is 1. The molecule has 3 aromatic rings. The van der Waals surface area contributed by atoms with Crippen LogP contribution in [-0.2, 0) is 11.8 Å². The van der Waals surface area contributed by atoms with Gasteiger partial charge in [0.25, 0.3) is 12.9 Å². The fourth-order valence-corrected chi connectivity index (χ4v) is 4.48. The highest BCUT2D eigenvalue weighted by atomic mass is 19.3. The fourth-order valence-electron chi connectivity index (χ4n) is 4.48. The predicted octanol–water partition coefficient (Wildman–Crippen LogP) is 9.04. The van der Waals surface area contributed by atoms with Gasteiger partial charge in [-0.3, -0.25) is 9.59 Å². The number of nitrogens with zero attached hydrogens (tertiary/aromatic N) is 1. The van der Waals surface area contributed by atoms with Gasteiger partial charge >= 0.3 is 23.7 Å². The molecule has 45 heavy (non-hydrogen) atoms. The SMILES string of the molecule is N#Cc1cc(F)cc(Oc2ccc3c(c2C(F)F)C(=O)C(F)(F)C3(F)F)c1.O=C1c2c(ccc(F)c2C(F)F)C(F)(F)C1(F)F. The number of rotatable bonds is 4. The van der Waals surface area contributed by atoms with Crippen molar-refractivity contribution in [3.8, 4) is 17.6 Å². The van der Waals surface area contributed by atoms with Crippen molar-refractivity contribution >= 4 is 11.6 Å². The van der Waals surface area contributed by atoms with Crippen molar-refractivity contribution in [2.24, 2.45) is 0 Å². The monoisotopic (exact) mass is 661 g/mol. The number of Topliss-reactive ketones (excluding diaryl/α,β-unsaturated/α-hetero) is 2. The summed E-state index contributed by atoms with van der Waals surface area (Å²) in [6, 6.07) is 5.41. The van der Waals surface area contributed by atoms with Crippen LogP contribution >= 0.6 is 0 Å². The van der Waals surface area contributed by atoms with E-state index >= 15 is 0 Å². The Morgan fingerprint density at radius 2 is 1.11 bits per heavy atom. The maximum Gasteiger partial charge on any atom is 0.376 e. The Labute approximate surface area is 240 Å². The predicted molar refractivity (Wildman–Crippen MR) is 120 cm³/mol. The Morgan fingerprint density at radius 1 is 0.644 bits per heavy atom. The van der Waals surface area contributed by atoms with Crippen molar-refractivity contribution in [2.45, 2.75) is 36.5 Å². The molecule has 0 bridgehead atoms. The summed E-state index contributed by atoms with van der Waals surface area (Å²) < 4.78 is 190. The molecular weight excluding hydrogens is 652 g/mol. The van der Waals surface area contributed by atoms with E-state index in [-0.39, 0.29) is 17.7 Å². The molecule has 2 aliphatic carbocycles. The first-order valence-corrected chi connectivity index (χ1v) is 11.7. The van der Waals surface area contributed by atoms with Gasteiger partial charge in [-0.25, -0.2) is 26.3 Å². The summed E-state index contributed by atoms with van der Waals surface area (Å²) in [4.78, 5) is 22.8. The maximum absolute atomic E-state index is 13.8. The summed E-state index contributed by atoms with van der Waals surface area (Å²) in [5.74, 6) is -29.2. The van der Waals surface area contributed by atoms with Crippen LogP contribution in [0.2, 0.25) is 0 Å². The van der Waals surface area contributed by atoms with Gasteiger partial charge in [0, 0.05) is 28.3 Å². The molecule has 0 N–H and O–H groups in total. The van der Waals surface area contributed by atoms with Gasteiger partial charge in [-0.2, -0.15) is 40.4 Å². The van der Waals surface area contributed by atoms with Crippen LogP contribution in [0, 0.1) is 23.0 Å². The van der Waals surface area contributed by atoms with Crippen molar-refractivity contribution < 1.29 is 75.8 Å². The summed E-state index contributed by atoms with van der Waals surface area (Å²) in [7, 11) is 0. The van der Waals surface area contributed by atoms with Crippen LogP contribution in [0.15, 0.2) is 42.5 Å². The molecule has 0 atom stereocenters. The molecule has 0 aliphatic heterocycles. The van der Waals surface area contributed by atoms with Crippen LogP contribution in [-0.4, -0.2) is 23.4 Å². The highest BCUT2D eigenvalue weighted by Gasteiger charge is 2.71. The van der Waals surface area contributed by atoms with Crippen molar-refractivity contribution in [1.82, 2.24) is 0 Å². The summed E-state index contributed by atoms with van der Waals surface area (Å²) in [5.41, 5.74) is -9.69. The Kier molecular flexibility index (Phi) is 7.92. The minimum Gasteiger partial charge on any atom is -0.457 e. The lowest BCUT2D eigenvalue weighted by molar-refractivity contribution is -0.176. The number of carbonyl (C=O) groups is 2. The largest absolute Gasteiger partial charge is 0.457 e. The molecular formula is C27H9F14NO3. The van der Waals surface area contributed by atoms with Crippen molar-refractivity contribution in [3.63, 3.8) is 0 Å². The quantitative estimate of drug-likeness (QED) is 0.262. The molecule has 0 unspecified atom stereocenters. The second-order valence-electron chi connectivity index (χ2n) is 9.23. The van der Waals surface area contributed by atoms with Crippen LogP contribution in [0.5, 0.6) is 11.5 Å². The highest BCUT2D eigenvalue weighted by molar-refractivity contribution is 6.09. The van der Waals surface area contributed by atoms with Gasteiger partial charge in [-0.05, 0) is 36.4 Å². The Balaban J connectivity index is 0.000000222. The molecule has 0 aromatic heterocycles. The smallest absolute Gasteiger partial charge is 0.376 e. The van der Waals surface area contributed by atoms with E-state index in [0.29, 0.717) is 18.2 Å². The highest BCUT2D eigenvalue weighted by Crippen LogP contribution is 2.56. The van der Waals surface area contributed by atoms with E-state index in [1.165, 1.54) is 0 Å². The first kappa shape index (κ1) is 33.2.